The number of para-hydroxylation sites is 1. The first-order chi connectivity index (χ1) is 8.44. The van der Waals surface area contributed by atoms with Crippen molar-refractivity contribution in [1.29, 1.82) is 0 Å². The van der Waals surface area contributed by atoms with Gasteiger partial charge in [0.15, 0.2) is 0 Å². The summed E-state index contributed by atoms with van der Waals surface area (Å²) >= 11 is 0. The largest absolute Gasteiger partial charge is 0.326 e. The summed E-state index contributed by atoms with van der Waals surface area (Å²) in [7, 11) is 0. The van der Waals surface area contributed by atoms with Crippen LogP contribution >= 0.6 is 0 Å². The number of hydrogen-bond acceptors (Lipinski definition) is 2. The normalized spacial score (nSPS) is 31.7. The first-order valence-corrected chi connectivity index (χ1v) is 6.35. The Balaban J connectivity index is 2.13. The van der Waals surface area contributed by atoms with Crippen LogP contribution in [0.5, 0.6) is 0 Å². The van der Waals surface area contributed by atoms with Gasteiger partial charge in [0.1, 0.15) is 5.78 Å². The highest BCUT2D eigenvalue weighted by Gasteiger charge is 2.63. The number of rotatable bonds is 1. The Labute approximate surface area is 107 Å². The molecule has 0 spiro atoms. The Morgan fingerprint density at radius 2 is 1.94 bits per heavy atom. The first-order valence-electron chi connectivity index (χ1n) is 6.35. The lowest BCUT2D eigenvalue weighted by atomic mass is 9.44. The molecule has 1 aromatic rings. The summed E-state index contributed by atoms with van der Waals surface area (Å²) in [5, 5.41) is 2.96. The highest BCUT2D eigenvalue weighted by atomic mass is 16.2. The van der Waals surface area contributed by atoms with E-state index in [1.165, 1.54) is 0 Å². The van der Waals surface area contributed by atoms with E-state index in [0.717, 1.165) is 11.3 Å². The van der Waals surface area contributed by atoms with Crippen LogP contribution in [0.25, 0.3) is 0 Å². The second kappa shape index (κ2) is 3.44. The average molecular weight is 243 g/mol. The van der Waals surface area contributed by atoms with Gasteiger partial charge < -0.3 is 5.32 Å². The van der Waals surface area contributed by atoms with Crippen LogP contribution in [0.4, 0.5) is 5.69 Å². The summed E-state index contributed by atoms with van der Waals surface area (Å²) in [6.45, 7) is 5.68. The molecule has 2 aliphatic rings. The minimum absolute atomic E-state index is 0.0466. The van der Waals surface area contributed by atoms with E-state index in [-0.39, 0.29) is 34.9 Å². The highest BCUT2D eigenvalue weighted by Crippen LogP contribution is 2.63. The molecule has 0 aromatic heterocycles. The van der Waals surface area contributed by atoms with Crippen molar-refractivity contribution in [3.8, 4) is 0 Å². The van der Waals surface area contributed by atoms with Crippen molar-refractivity contribution in [2.75, 3.05) is 5.32 Å². The highest BCUT2D eigenvalue weighted by molar-refractivity contribution is 6.00. The molecule has 1 amide bonds. The standard InChI is InChI=1S/C15H17NO2/c1-8(17)12-11-9-6-4-5-7-10(9)16-14(18)13(11)15(12,2)3/h4-7,11-13H,1-3H3,(H,16,18)/t11-,12+,13-/m1/s1. The second-order valence-corrected chi connectivity index (χ2v) is 5.99. The third-order valence-corrected chi connectivity index (χ3v) is 4.62. The Morgan fingerprint density at radius 3 is 2.61 bits per heavy atom. The predicted molar refractivity (Wildman–Crippen MR) is 69.3 cm³/mol. The molecule has 0 radical (unpaired) electrons. The summed E-state index contributed by atoms with van der Waals surface area (Å²) in [6.07, 6.45) is 0. The molecule has 1 N–H and O–H groups in total. The van der Waals surface area contributed by atoms with Gasteiger partial charge in [0.05, 0.1) is 5.92 Å². The summed E-state index contributed by atoms with van der Waals surface area (Å²) in [4.78, 5) is 24.1. The van der Waals surface area contributed by atoms with Crippen molar-refractivity contribution >= 4 is 17.4 Å². The van der Waals surface area contributed by atoms with Crippen molar-refractivity contribution in [2.24, 2.45) is 17.3 Å². The summed E-state index contributed by atoms with van der Waals surface area (Å²) in [5.41, 5.74) is 1.74. The number of anilines is 1. The molecular weight excluding hydrogens is 226 g/mol. The number of amides is 1. The average Bonchev–Trinajstić information content (AvgIpc) is 2.26. The quantitative estimate of drug-likeness (QED) is 0.824. The van der Waals surface area contributed by atoms with Gasteiger partial charge in [0.2, 0.25) is 5.91 Å². The maximum absolute atomic E-state index is 12.2. The monoisotopic (exact) mass is 243 g/mol. The molecule has 1 aliphatic heterocycles. The molecule has 1 aromatic carbocycles. The van der Waals surface area contributed by atoms with E-state index < -0.39 is 0 Å². The topological polar surface area (TPSA) is 46.2 Å². The maximum Gasteiger partial charge on any atom is 0.228 e. The van der Waals surface area contributed by atoms with E-state index in [1.807, 2.05) is 38.1 Å². The van der Waals surface area contributed by atoms with Crippen LogP contribution in [-0.4, -0.2) is 11.7 Å². The van der Waals surface area contributed by atoms with E-state index in [2.05, 4.69) is 5.32 Å². The number of fused-ring (bicyclic) bond motifs is 3. The number of ketones is 1. The molecule has 0 saturated heterocycles. The van der Waals surface area contributed by atoms with Gasteiger partial charge in [-0.1, -0.05) is 32.0 Å². The van der Waals surface area contributed by atoms with E-state index in [1.54, 1.807) is 6.92 Å². The van der Waals surface area contributed by atoms with Crippen molar-refractivity contribution in [3.05, 3.63) is 29.8 Å². The van der Waals surface area contributed by atoms with Crippen LogP contribution in [0.1, 0.15) is 32.3 Å². The van der Waals surface area contributed by atoms with Crippen molar-refractivity contribution in [2.45, 2.75) is 26.7 Å². The van der Waals surface area contributed by atoms with Gasteiger partial charge in [-0.3, -0.25) is 9.59 Å². The number of Topliss-reactive ketones (excluding diaryl/α,β-unsaturated/α-hetero) is 1. The van der Waals surface area contributed by atoms with Crippen LogP contribution in [0.2, 0.25) is 0 Å². The third kappa shape index (κ3) is 1.25. The lowest BCUT2D eigenvalue weighted by molar-refractivity contribution is -0.151. The lowest BCUT2D eigenvalue weighted by Gasteiger charge is -2.58. The zero-order valence-corrected chi connectivity index (χ0v) is 10.9. The van der Waals surface area contributed by atoms with E-state index >= 15 is 0 Å². The van der Waals surface area contributed by atoms with Gasteiger partial charge in [0, 0.05) is 17.5 Å². The third-order valence-electron chi connectivity index (χ3n) is 4.62. The predicted octanol–water partition coefficient (Wildman–Crippen LogP) is 2.58. The number of carbonyl (C=O) groups is 2. The molecule has 3 atom stereocenters. The summed E-state index contributed by atoms with van der Waals surface area (Å²) in [6, 6.07) is 7.81. The van der Waals surface area contributed by atoms with Gasteiger partial charge in [0.25, 0.3) is 0 Å². The Kier molecular flexibility index (Phi) is 2.19. The molecule has 3 rings (SSSR count). The maximum atomic E-state index is 12.2. The van der Waals surface area contributed by atoms with Crippen LogP contribution in [0, 0.1) is 17.3 Å². The SMILES string of the molecule is CC(=O)[C@H]1[C@H]2c3ccccc3NC(=O)[C@@H]2C1(C)C. The summed E-state index contributed by atoms with van der Waals surface area (Å²) in [5.74, 6) is 0.172. The molecule has 18 heavy (non-hydrogen) atoms. The fourth-order valence-electron chi connectivity index (χ4n) is 3.94. The van der Waals surface area contributed by atoms with Crippen molar-refractivity contribution in [1.82, 2.24) is 0 Å². The minimum atomic E-state index is -0.242. The molecule has 0 unspecified atom stereocenters. The second-order valence-electron chi connectivity index (χ2n) is 5.99. The zero-order chi connectivity index (χ0) is 13.1. The van der Waals surface area contributed by atoms with E-state index in [4.69, 9.17) is 0 Å². The molecular formula is C15H17NO2. The van der Waals surface area contributed by atoms with Crippen LogP contribution in [0.3, 0.4) is 0 Å². The van der Waals surface area contributed by atoms with Gasteiger partial charge in [-0.2, -0.15) is 0 Å². The molecule has 94 valence electrons. The fourth-order valence-corrected chi connectivity index (χ4v) is 3.94. The number of benzene rings is 1. The van der Waals surface area contributed by atoms with Crippen molar-refractivity contribution < 1.29 is 9.59 Å². The molecule has 3 nitrogen and oxygen atoms in total. The minimum Gasteiger partial charge on any atom is -0.326 e. The Hall–Kier alpha value is -1.64. The molecule has 0 bridgehead atoms. The molecule has 1 fully saturated rings. The molecule has 1 saturated carbocycles. The van der Waals surface area contributed by atoms with Gasteiger partial charge in [-0.25, -0.2) is 0 Å². The Morgan fingerprint density at radius 1 is 1.28 bits per heavy atom. The van der Waals surface area contributed by atoms with Gasteiger partial charge >= 0.3 is 0 Å². The molecule has 1 heterocycles. The Bertz CT molecular complexity index is 547. The smallest absolute Gasteiger partial charge is 0.228 e. The number of carbonyl (C=O) groups excluding carboxylic acids is 2. The lowest BCUT2D eigenvalue weighted by Crippen LogP contribution is -2.60. The number of nitrogens with one attached hydrogen (secondary N) is 1. The van der Waals surface area contributed by atoms with Crippen LogP contribution in [0.15, 0.2) is 24.3 Å². The fraction of sp³-hybridized carbons (Fsp3) is 0.467. The number of hydrogen-bond donors (Lipinski definition) is 1. The first kappa shape index (κ1) is 11.5. The molecule has 1 aliphatic carbocycles. The van der Waals surface area contributed by atoms with Crippen molar-refractivity contribution in [3.63, 3.8) is 0 Å². The summed E-state index contributed by atoms with van der Waals surface area (Å²) < 4.78 is 0. The van der Waals surface area contributed by atoms with E-state index in [0.29, 0.717) is 0 Å². The van der Waals surface area contributed by atoms with Crippen LogP contribution < -0.4 is 5.32 Å². The molecule has 3 heteroatoms. The van der Waals surface area contributed by atoms with Gasteiger partial charge in [-0.15, -0.1) is 0 Å². The van der Waals surface area contributed by atoms with E-state index in [9.17, 15) is 9.59 Å². The van der Waals surface area contributed by atoms with Crippen LogP contribution in [-0.2, 0) is 9.59 Å². The van der Waals surface area contributed by atoms with Gasteiger partial charge in [-0.05, 0) is 24.0 Å². The zero-order valence-electron chi connectivity index (χ0n) is 10.9.